The van der Waals surface area contributed by atoms with Crippen LogP contribution in [0, 0.1) is 11.7 Å². The molecule has 1 aromatic carbocycles. The van der Waals surface area contributed by atoms with Crippen molar-refractivity contribution in [1.29, 1.82) is 0 Å². The first-order valence-electron chi connectivity index (χ1n) is 6.68. The smallest absolute Gasteiger partial charge is 0.321 e. The first kappa shape index (κ1) is 15.3. The Kier molecular flexibility index (Phi) is 5.37. The largest absolute Gasteiger partial charge is 0.381 e. The van der Waals surface area contributed by atoms with Gasteiger partial charge in [0, 0.05) is 35.8 Å². The topological polar surface area (TPSA) is 41.6 Å². The summed E-state index contributed by atoms with van der Waals surface area (Å²) >= 11 is 3.20. The summed E-state index contributed by atoms with van der Waals surface area (Å²) in [5.74, 6) is 0.00487. The fourth-order valence-corrected chi connectivity index (χ4v) is 2.73. The van der Waals surface area contributed by atoms with E-state index in [-0.39, 0.29) is 11.8 Å². The van der Waals surface area contributed by atoms with Crippen molar-refractivity contribution in [1.82, 2.24) is 4.90 Å². The zero-order chi connectivity index (χ0) is 14.5. The van der Waals surface area contributed by atoms with Crippen LogP contribution in [0.2, 0.25) is 0 Å². The van der Waals surface area contributed by atoms with Crippen molar-refractivity contribution in [3.05, 3.63) is 28.5 Å². The molecule has 1 saturated heterocycles. The Morgan fingerprint density at radius 1 is 1.55 bits per heavy atom. The van der Waals surface area contributed by atoms with Crippen LogP contribution in [-0.4, -0.2) is 37.2 Å². The van der Waals surface area contributed by atoms with Crippen molar-refractivity contribution in [2.45, 2.75) is 13.3 Å². The SMILES string of the molecule is CCOC[C@H]1CCN(C(=O)Nc2cc(F)cc(Br)c2)C1. The molecular formula is C14H18BrFN2O2. The van der Waals surface area contributed by atoms with Gasteiger partial charge in [-0.2, -0.15) is 0 Å². The molecule has 20 heavy (non-hydrogen) atoms. The van der Waals surface area contributed by atoms with E-state index >= 15 is 0 Å². The van der Waals surface area contributed by atoms with Crippen LogP contribution in [0.1, 0.15) is 13.3 Å². The fraction of sp³-hybridized carbons (Fsp3) is 0.500. The Morgan fingerprint density at radius 3 is 3.05 bits per heavy atom. The van der Waals surface area contributed by atoms with E-state index in [1.54, 1.807) is 11.0 Å². The maximum absolute atomic E-state index is 13.2. The number of nitrogens with zero attached hydrogens (tertiary/aromatic N) is 1. The van der Waals surface area contributed by atoms with E-state index in [4.69, 9.17) is 4.74 Å². The van der Waals surface area contributed by atoms with Gasteiger partial charge < -0.3 is 15.0 Å². The lowest BCUT2D eigenvalue weighted by Gasteiger charge is -2.17. The van der Waals surface area contributed by atoms with Crippen molar-refractivity contribution in [3.8, 4) is 0 Å². The van der Waals surface area contributed by atoms with E-state index in [0.717, 1.165) is 6.42 Å². The number of amides is 2. The molecular weight excluding hydrogens is 327 g/mol. The van der Waals surface area contributed by atoms with Gasteiger partial charge in [0.1, 0.15) is 5.82 Å². The van der Waals surface area contributed by atoms with Gasteiger partial charge >= 0.3 is 6.03 Å². The van der Waals surface area contributed by atoms with Crippen LogP contribution < -0.4 is 5.32 Å². The molecule has 1 heterocycles. The number of halogens is 2. The van der Waals surface area contributed by atoms with E-state index in [1.165, 1.54) is 12.1 Å². The number of hydrogen-bond acceptors (Lipinski definition) is 2. The molecule has 1 N–H and O–H groups in total. The highest BCUT2D eigenvalue weighted by Crippen LogP contribution is 2.21. The highest BCUT2D eigenvalue weighted by molar-refractivity contribution is 9.10. The minimum atomic E-state index is -0.384. The molecule has 4 nitrogen and oxygen atoms in total. The maximum atomic E-state index is 13.2. The van der Waals surface area contributed by atoms with Crippen LogP contribution in [0.3, 0.4) is 0 Å². The van der Waals surface area contributed by atoms with Gasteiger partial charge in [0.25, 0.3) is 0 Å². The second-order valence-corrected chi connectivity index (χ2v) is 5.76. The summed E-state index contributed by atoms with van der Waals surface area (Å²) < 4.78 is 19.2. The zero-order valence-electron chi connectivity index (χ0n) is 11.4. The van der Waals surface area contributed by atoms with Gasteiger partial charge in [-0.3, -0.25) is 0 Å². The van der Waals surface area contributed by atoms with Gasteiger partial charge in [-0.15, -0.1) is 0 Å². The number of benzene rings is 1. The fourth-order valence-electron chi connectivity index (χ4n) is 2.27. The number of nitrogens with one attached hydrogen (secondary N) is 1. The number of carbonyl (C=O) groups excluding carboxylic acids is 1. The molecule has 1 fully saturated rings. The highest BCUT2D eigenvalue weighted by Gasteiger charge is 2.26. The Hall–Kier alpha value is -1.14. The third-order valence-electron chi connectivity index (χ3n) is 3.24. The minimum Gasteiger partial charge on any atom is -0.381 e. The van der Waals surface area contributed by atoms with Crippen LogP contribution in [0.4, 0.5) is 14.9 Å². The van der Waals surface area contributed by atoms with Gasteiger partial charge in [0.2, 0.25) is 0 Å². The Balaban J connectivity index is 1.89. The highest BCUT2D eigenvalue weighted by atomic mass is 79.9. The van der Waals surface area contributed by atoms with E-state index in [2.05, 4.69) is 21.2 Å². The lowest BCUT2D eigenvalue weighted by molar-refractivity contribution is 0.113. The molecule has 1 aromatic rings. The molecule has 1 aliphatic rings. The number of hydrogen-bond donors (Lipinski definition) is 1. The van der Waals surface area contributed by atoms with Crippen LogP contribution in [0.15, 0.2) is 22.7 Å². The minimum absolute atomic E-state index is 0.193. The number of urea groups is 1. The van der Waals surface area contributed by atoms with Crippen molar-refractivity contribution in [2.75, 3.05) is 31.6 Å². The molecule has 0 spiro atoms. The second-order valence-electron chi connectivity index (χ2n) is 4.85. The summed E-state index contributed by atoms with van der Waals surface area (Å²) in [6.07, 6.45) is 0.945. The summed E-state index contributed by atoms with van der Waals surface area (Å²) in [5.41, 5.74) is 0.454. The summed E-state index contributed by atoms with van der Waals surface area (Å²) in [5, 5.41) is 2.72. The second kappa shape index (κ2) is 7.04. The molecule has 1 atom stereocenters. The average Bonchev–Trinajstić information content (AvgIpc) is 2.83. The van der Waals surface area contributed by atoms with Gasteiger partial charge in [0.15, 0.2) is 0 Å². The predicted octanol–water partition coefficient (Wildman–Crippen LogP) is 3.48. The van der Waals surface area contributed by atoms with E-state index in [0.29, 0.717) is 42.4 Å². The van der Waals surface area contributed by atoms with E-state index < -0.39 is 0 Å². The Bertz CT molecular complexity index is 464. The summed E-state index contributed by atoms with van der Waals surface area (Å²) in [4.78, 5) is 13.8. The zero-order valence-corrected chi connectivity index (χ0v) is 13.0. The van der Waals surface area contributed by atoms with E-state index in [9.17, 15) is 9.18 Å². The quantitative estimate of drug-likeness (QED) is 0.908. The molecule has 2 rings (SSSR count). The third-order valence-corrected chi connectivity index (χ3v) is 3.70. The molecule has 0 radical (unpaired) electrons. The molecule has 0 bridgehead atoms. The standard InChI is InChI=1S/C14H18BrFN2O2/c1-2-20-9-10-3-4-18(8-10)14(19)17-13-6-11(15)5-12(16)7-13/h5-7,10H,2-4,8-9H2,1H3,(H,17,19)/t10-/m0/s1. The van der Waals surface area contributed by atoms with E-state index in [1.807, 2.05) is 6.92 Å². The van der Waals surface area contributed by atoms with Gasteiger partial charge in [-0.25, -0.2) is 9.18 Å². The van der Waals surface area contributed by atoms with Crippen molar-refractivity contribution < 1.29 is 13.9 Å². The molecule has 0 saturated carbocycles. The number of rotatable bonds is 4. The molecule has 0 unspecified atom stereocenters. The van der Waals surface area contributed by atoms with Crippen LogP contribution in [-0.2, 0) is 4.74 Å². The monoisotopic (exact) mass is 344 g/mol. The van der Waals surface area contributed by atoms with Gasteiger partial charge in [0.05, 0.1) is 6.61 Å². The molecule has 2 amide bonds. The van der Waals surface area contributed by atoms with Gasteiger partial charge in [-0.05, 0) is 31.5 Å². The number of carbonyl (C=O) groups is 1. The molecule has 0 aliphatic carbocycles. The first-order chi connectivity index (χ1) is 9.58. The van der Waals surface area contributed by atoms with Crippen LogP contribution in [0.25, 0.3) is 0 Å². The van der Waals surface area contributed by atoms with Crippen molar-refractivity contribution >= 4 is 27.6 Å². The number of likely N-dealkylation sites (tertiary alicyclic amines) is 1. The summed E-state index contributed by atoms with van der Waals surface area (Å²) in [6.45, 7) is 4.73. The summed E-state index contributed by atoms with van der Waals surface area (Å²) in [6, 6.07) is 4.14. The first-order valence-corrected chi connectivity index (χ1v) is 7.47. The molecule has 110 valence electrons. The predicted molar refractivity (Wildman–Crippen MR) is 79.3 cm³/mol. The average molecular weight is 345 g/mol. The Morgan fingerprint density at radius 2 is 2.35 bits per heavy atom. The molecule has 1 aliphatic heterocycles. The normalized spacial score (nSPS) is 18.4. The lowest BCUT2D eigenvalue weighted by Crippen LogP contribution is -2.33. The van der Waals surface area contributed by atoms with Crippen LogP contribution in [0.5, 0.6) is 0 Å². The molecule has 0 aromatic heterocycles. The third kappa shape index (κ3) is 4.18. The Labute approximate surface area is 126 Å². The van der Waals surface area contributed by atoms with Crippen LogP contribution >= 0.6 is 15.9 Å². The van der Waals surface area contributed by atoms with Crippen molar-refractivity contribution in [3.63, 3.8) is 0 Å². The maximum Gasteiger partial charge on any atom is 0.321 e. The number of ether oxygens (including phenoxy) is 1. The summed E-state index contributed by atoms with van der Waals surface area (Å²) in [7, 11) is 0. The van der Waals surface area contributed by atoms with Crippen molar-refractivity contribution in [2.24, 2.45) is 5.92 Å². The van der Waals surface area contributed by atoms with Gasteiger partial charge in [-0.1, -0.05) is 15.9 Å². The molecule has 6 heteroatoms. The lowest BCUT2D eigenvalue weighted by atomic mass is 10.1. The number of anilines is 1.